The van der Waals surface area contributed by atoms with Crippen LogP contribution in [0.1, 0.15) is 0 Å². The number of hydrogen-bond acceptors (Lipinski definition) is 3. The fraction of sp³-hybridized carbons (Fsp3) is 1.00. The third kappa shape index (κ3) is 2.98. The van der Waals surface area contributed by atoms with E-state index in [1.165, 1.54) is 0 Å². The van der Waals surface area contributed by atoms with Gasteiger partial charge in [0.2, 0.25) is 0 Å². The molecular formula is C5H2F9LiO3S. The zero-order chi connectivity index (χ0) is 15.2. The van der Waals surface area contributed by atoms with Gasteiger partial charge in [-0.1, -0.05) is 0 Å². The summed E-state index contributed by atoms with van der Waals surface area (Å²) in [7, 11) is -7.38. The molecule has 0 spiro atoms. The molecular weight excluding hydrogens is 318 g/mol. The van der Waals surface area contributed by atoms with Crippen LogP contribution in [0.15, 0.2) is 0 Å². The molecule has 0 aliphatic heterocycles. The molecule has 0 N–H and O–H groups in total. The number of halogens is 9. The van der Waals surface area contributed by atoms with Crippen molar-refractivity contribution in [3.05, 3.63) is 0 Å². The Morgan fingerprint density at radius 1 is 0.842 bits per heavy atom. The van der Waals surface area contributed by atoms with Crippen molar-refractivity contribution in [2.24, 2.45) is 0 Å². The normalized spacial score (nSPS) is 15.1. The maximum Gasteiger partial charge on any atom is 1.00 e. The van der Waals surface area contributed by atoms with Gasteiger partial charge in [0.15, 0.2) is 16.8 Å². The van der Waals surface area contributed by atoms with Crippen molar-refractivity contribution in [2.75, 3.05) is 6.67 Å². The fourth-order valence-electron chi connectivity index (χ4n) is 0.653. The standard InChI is InChI=1S/C5H3F9O3S.Li/c6-1-2(7,8)3(9,10)4(11,12)5(13,14)18(15,16)17;/h1H2,(H,15,16,17);/q;+1/p-1. The average molecular weight is 320 g/mol. The summed E-state index contributed by atoms with van der Waals surface area (Å²) in [4.78, 5) is 0. The molecule has 0 heterocycles. The van der Waals surface area contributed by atoms with E-state index in [0.29, 0.717) is 0 Å². The Hall–Kier alpha value is -0.123. The van der Waals surface area contributed by atoms with E-state index in [-0.39, 0.29) is 18.9 Å². The summed E-state index contributed by atoms with van der Waals surface area (Å²) >= 11 is 0. The molecule has 0 rings (SSSR count). The van der Waals surface area contributed by atoms with E-state index in [2.05, 4.69) is 0 Å². The first-order valence-corrected chi connectivity index (χ1v) is 5.00. The van der Waals surface area contributed by atoms with Crippen molar-refractivity contribution in [1.82, 2.24) is 0 Å². The summed E-state index contributed by atoms with van der Waals surface area (Å²) in [5.41, 5.74) is 0. The topological polar surface area (TPSA) is 57.2 Å². The SMILES string of the molecule is O=S(=O)([O-])C(F)(F)C(F)(F)C(F)(F)C(F)(F)CF.[Li+]. The largest absolute Gasteiger partial charge is 1.00 e. The third-order valence-electron chi connectivity index (χ3n) is 1.70. The van der Waals surface area contributed by atoms with Crippen LogP contribution in [0.4, 0.5) is 39.5 Å². The van der Waals surface area contributed by atoms with Crippen LogP contribution in [-0.2, 0) is 10.1 Å². The summed E-state index contributed by atoms with van der Waals surface area (Å²) in [5.74, 6) is -20.7. The Morgan fingerprint density at radius 2 is 1.16 bits per heavy atom. The Morgan fingerprint density at radius 3 is 1.37 bits per heavy atom. The van der Waals surface area contributed by atoms with E-state index in [1.807, 2.05) is 0 Å². The predicted molar refractivity (Wildman–Crippen MR) is 35.5 cm³/mol. The van der Waals surface area contributed by atoms with Crippen molar-refractivity contribution < 1.29 is 71.3 Å². The van der Waals surface area contributed by atoms with E-state index in [1.54, 1.807) is 0 Å². The van der Waals surface area contributed by atoms with Gasteiger partial charge >= 0.3 is 41.9 Å². The maximum absolute atomic E-state index is 12.4. The Balaban J connectivity index is 0. The van der Waals surface area contributed by atoms with Gasteiger partial charge < -0.3 is 4.55 Å². The van der Waals surface area contributed by atoms with E-state index in [9.17, 15) is 52.5 Å². The first-order valence-electron chi connectivity index (χ1n) is 3.59. The first kappa shape index (κ1) is 21.2. The van der Waals surface area contributed by atoms with Crippen LogP contribution in [0.5, 0.6) is 0 Å². The minimum absolute atomic E-state index is 0. The van der Waals surface area contributed by atoms with Crippen molar-refractivity contribution in [1.29, 1.82) is 0 Å². The molecule has 0 aromatic rings. The van der Waals surface area contributed by atoms with Crippen molar-refractivity contribution in [3.63, 3.8) is 0 Å². The van der Waals surface area contributed by atoms with Crippen LogP contribution in [0.25, 0.3) is 0 Å². The van der Waals surface area contributed by atoms with Crippen molar-refractivity contribution >= 4 is 10.1 Å². The Bertz CT molecular complexity index is 420. The maximum atomic E-state index is 12.4. The van der Waals surface area contributed by atoms with Crippen LogP contribution in [0, 0.1) is 0 Å². The Kier molecular flexibility index (Phi) is 5.95. The molecule has 0 amide bonds. The quantitative estimate of drug-likeness (QED) is 0.371. The second kappa shape index (κ2) is 5.34. The predicted octanol–water partition coefficient (Wildman–Crippen LogP) is -0.996. The summed E-state index contributed by atoms with van der Waals surface area (Å²) < 4.78 is 139. The van der Waals surface area contributed by atoms with Crippen LogP contribution >= 0.6 is 0 Å². The number of alkyl halides is 9. The van der Waals surface area contributed by atoms with Gasteiger partial charge in [0.25, 0.3) is 0 Å². The van der Waals surface area contributed by atoms with Gasteiger partial charge in [-0.15, -0.1) is 0 Å². The molecule has 0 saturated carbocycles. The summed E-state index contributed by atoms with van der Waals surface area (Å²) in [6, 6.07) is 0. The second-order valence-corrected chi connectivity index (χ2v) is 4.38. The second-order valence-electron chi connectivity index (χ2n) is 2.96. The first-order chi connectivity index (χ1) is 7.56. The third-order valence-corrected chi connectivity index (χ3v) is 2.59. The van der Waals surface area contributed by atoms with Gasteiger partial charge in [-0.2, -0.15) is 35.1 Å². The van der Waals surface area contributed by atoms with Crippen LogP contribution in [0.3, 0.4) is 0 Å². The number of hydrogen-bond donors (Lipinski definition) is 0. The molecule has 0 saturated heterocycles. The smallest absolute Gasteiger partial charge is 0.743 e. The summed E-state index contributed by atoms with van der Waals surface area (Å²) in [6.07, 6.45) is 0. The molecule has 3 nitrogen and oxygen atoms in total. The summed E-state index contributed by atoms with van der Waals surface area (Å²) in [5, 5.41) is -7.04. The molecule has 0 aliphatic carbocycles. The summed E-state index contributed by atoms with van der Waals surface area (Å²) in [6.45, 7) is -3.47. The van der Waals surface area contributed by atoms with Gasteiger partial charge in [-0.05, 0) is 0 Å². The zero-order valence-corrected chi connectivity index (χ0v) is 9.56. The van der Waals surface area contributed by atoms with Crippen LogP contribution in [-0.4, -0.2) is 42.7 Å². The molecule has 0 unspecified atom stereocenters. The van der Waals surface area contributed by atoms with E-state index in [4.69, 9.17) is 0 Å². The van der Waals surface area contributed by atoms with Gasteiger partial charge in [0, 0.05) is 0 Å². The van der Waals surface area contributed by atoms with Gasteiger partial charge in [-0.25, -0.2) is 12.8 Å². The van der Waals surface area contributed by atoms with Crippen molar-refractivity contribution in [2.45, 2.75) is 23.0 Å². The molecule has 0 aromatic carbocycles. The van der Waals surface area contributed by atoms with Crippen LogP contribution in [0.2, 0.25) is 0 Å². The molecule has 0 bridgehead atoms. The molecule has 110 valence electrons. The van der Waals surface area contributed by atoms with Crippen molar-refractivity contribution in [3.8, 4) is 0 Å². The molecule has 0 atom stereocenters. The van der Waals surface area contributed by atoms with E-state index in [0.717, 1.165) is 0 Å². The minimum Gasteiger partial charge on any atom is -0.743 e. The van der Waals surface area contributed by atoms with Gasteiger partial charge in [-0.3, -0.25) is 0 Å². The van der Waals surface area contributed by atoms with E-state index < -0.39 is 39.8 Å². The Labute approximate surface area is 112 Å². The zero-order valence-electron chi connectivity index (χ0n) is 8.74. The molecule has 19 heavy (non-hydrogen) atoms. The monoisotopic (exact) mass is 320 g/mol. The van der Waals surface area contributed by atoms with Gasteiger partial charge in [0.05, 0.1) is 0 Å². The molecule has 0 radical (unpaired) electrons. The molecule has 0 aliphatic rings. The molecule has 14 heteroatoms. The molecule has 0 aromatic heterocycles. The fourth-order valence-corrected chi connectivity index (χ4v) is 1.10. The van der Waals surface area contributed by atoms with E-state index >= 15 is 0 Å². The molecule has 0 fully saturated rings. The van der Waals surface area contributed by atoms with Crippen LogP contribution < -0.4 is 18.9 Å². The number of rotatable bonds is 5. The van der Waals surface area contributed by atoms with Gasteiger partial charge in [0.1, 0.15) is 0 Å². The average Bonchev–Trinajstić information content (AvgIpc) is 2.15. The minimum atomic E-state index is -7.38.